The number of benzene rings is 1. The second kappa shape index (κ2) is 5.42. The third-order valence-electron chi connectivity index (χ3n) is 2.03. The molecule has 1 heterocycles. The Morgan fingerprint density at radius 2 is 1.94 bits per heavy atom. The summed E-state index contributed by atoms with van der Waals surface area (Å²) in [6.07, 6.45) is 0. The molecule has 2 aromatic rings. The van der Waals surface area contributed by atoms with E-state index in [1.54, 1.807) is 24.3 Å². The van der Waals surface area contributed by atoms with E-state index in [1.807, 2.05) is 6.07 Å². The van der Waals surface area contributed by atoms with Crippen molar-refractivity contribution < 1.29 is 9.53 Å². The van der Waals surface area contributed by atoms with Crippen LogP contribution >= 0.6 is 11.6 Å². The van der Waals surface area contributed by atoms with E-state index in [2.05, 4.69) is 20.3 Å². The van der Waals surface area contributed by atoms with Gasteiger partial charge in [0.15, 0.2) is 0 Å². The molecule has 0 aliphatic carbocycles. The van der Waals surface area contributed by atoms with Crippen molar-refractivity contribution in [1.29, 1.82) is 0 Å². The number of anilines is 1. The number of carbonyl (C=O) groups excluding carboxylic acids is 1. The van der Waals surface area contributed by atoms with Crippen molar-refractivity contribution >= 4 is 23.5 Å². The van der Waals surface area contributed by atoms with Crippen molar-refractivity contribution in [2.75, 3.05) is 12.4 Å². The Hall–Kier alpha value is -2.21. The van der Waals surface area contributed by atoms with Gasteiger partial charge in [0.1, 0.15) is 0 Å². The first-order chi connectivity index (χ1) is 8.69. The van der Waals surface area contributed by atoms with E-state index in [1.165, 1.54) is 7.11 Å². The molecule has 0 saturated heterocycles. The minimum Gasteiger partial charge on any atom is -0.467 e. The van der Waals surface area contributed by atoms with Gasteiger partial charge in [0.2, 0.25) is 11.2 Å². The third kappa shape index (κ3) is 2.92. The van der Waals surface area contributed by atoms with E-state index in [9.17, 15) is 4.79 Å². The van der Waals surface area contributed by atoms with Crippen LogP contribution in [0.2, 0.25) is 5.28 Å². The number of nitrogens with one attached hydrogen (secondary N) is 1. The molecule has 92 valence electrons. The van der Waals surface area contributed by atoms with E-state index in [4.69, 9.17) is 16.3 Å². The predicted octanol–water partition coefficient (Wildman–Crippen LogP) is 1.79. The highest BCUT2D eigenvalue weighted by molar-refractivity contribution is 6.28. The lowest BCUT2D eigenvalue weighted by Crippen LogP contribution is -2.14. The lowest BCUT2D eigenvalue weighted by Gasteiger charge is -2.04. The van der Waals surface area contributed by atoms with Crippen LogP contribution < -0.4 is 10.1 Å². The molecule has 0 spiro atoms. The summed E-state index contributed by atoms with van der Waals surface area (Å²) < 4.78 is 4.82. The summed E-state index contributed by atoms with van der Waals surface area (Å²) in [7, 11) is 1.40. The molecule has 18 heavy (non-hydrogen) atoms. The first-order valence-corrected chi connectivity index (χ1v) is 5.39. The monoisotopic (exact) mass is 264 g/mol. The number of nitrogens with zero attached hydrogens (tertiary/aromatic N) is 3. The molecule has 0 fully saturated rings. The largest absolute Gasteiger partial charge is 0.467 e. The number of ether oxygens (including phenoxy) is 1. The highest BCUT2D eigenvalue weighted by Gasteiger charge is 2.10. The van der Waals surface area contributed by atoms with Crippen molar-refractivity contribution in [3.8, 4) is 6.01 Å². The molecule has 1 aromatic carbocycles. The summed E-state index contributed by atoms with van der Waals surface area (Å²) in [5, 5.41) is 2.46. The van der Waals surface area contributed by atoms with Gasteiger partial charge in [0.05, 0.1) is 7.11 Å². The van der Waals surface area contributed by atoms with Gasteiger partial charge in [0, 0.05) is 5.56 Å². The molecule has 1 amide bonds. The van der Waals surface area contributed by atoms with Gasteiger partial charge < -0.3 is 4.74 Å². The Morgan fingerprint density at radius 3 is 2.61 bits per heavy atom. The Balaban J connectivity index is 2.19. The average Bonchev–Trinajstić information content (AvgIpc) is 2.39. The summed E-state index contributed by atoms with van der Waals surface area (Å²) in [5.74, 6) is -0.291. The van der Waals surface area contributed by atoms with Gasteiger partial charge in [-0.05, 0) is 23.7 Å². The van der Waals surface area contributed by atoms with Crippen LogP contribution in [-0.2, 0) is 0 Å². The van der Waals surface area contributed by atoms with Crippen LogP contribution in [0, 0.1) is 0 Å². The molecule has 0 aliphatic rings. The van der Waals surface area contributed by atoms with Gasteiger partial charge in [-0.2, -0.15) is 15.0 Å². The average molecular weight is 265 g/mol. The summed E-state index contributed by atoms with van der Waals surface area (Å²) in [4.78, 5) is 23.2. The molecule has 0 bridgehead atoms. The van der Waals surface area contributed by atoms with E-state index < -0.39 is 0 Å². The molecule has 7 heteroatoms. The van der Waals surface area contributed by atoms with Gasteiger partial charge in [-0.1, -0.05) is 18.2 Å². The van der Waals surface area contributed by atoms with Gasteiger partial charge in [-0.25, -0.2) is 0 Å². The molecule has 1 aromatic heterocycles. The smallest absolute Gasteiger partial charge is 0.322 e. The Morgan fingerprint density at radius 1 is 1.22 bits per heavy atom. The van der Waals surface area contributed by atoms with Crippen LogP contribution in [0.25, 0.3) is 0 Å². The van der Waals surface area contributed by atoms with Crippen molar-refractivity contribution in [2.45, 2.75) is 0 Å². The maximum Gasteiger partial charge on any atom is 0.322 e. The van der Waals surface area contributed by atoms with Gasteiger partial charge in [-0.3, -0.25) is 10.1 Å². The first-order valence-electron chi connectivity index (χ1n) is 5.01. The number of rotatable bonds is 3. The molecule has 6 nitrogen and oxygen atoms in total. The van der Waals surface area contributed by atoms with Crippen LogP contribution in [0.4, 0.5) is 5.95 Å². The highest BCUT2D eigenvalue weighted by atomic mass is 35.5. The zero-order chi connectivity index (χ0) is 13.0. The molecule has 1 N–H and O–H groups in total. The lowest BCUT2D eigenvalue weighted by molar-refractivity contribution is 0.102. The van der Waals surface area contributed by atoms with Gasteiger partial charge >= 0.3 is 6.01 Å². The third-order valence-corrected chi connectivity index (χ3v) is 2.20. The quantitative estimate of drug-likeness (QED) is 0.914. The summed E-state index contributed by atoms with van der Waals surface area (Å²) in [5.41, 5.74) is 0.494. The SMILES string of the molecule is COc1nc(Cl)nc(NC(=O)c2ccccc2)n1. The zero-order valence-corrected chi connectivity index (χ0v) is 10.2. The fourth-order valence-electron chi connectivity index (χ4n) is 1.24. The normalized spacial score (nSPS) is 9.89. The fraction of sp³-hybridized carbons (Fsp3) is 0.0909. The van der Waals surface area contributed by atoms with E-state index in [0.717, 1.165) is 0 Å². The fourth-order valence-corrected chi connectivity index (χ4v) is 1.39. The number of halogens is 1. The van der Waals surface area contributed by atoms with Crippen LogP contribution in [0.15, 0.2) is 30.3 Å². The molecule has 0 radical (unpaired) electrons. The molecular weight excluding hydrogens is 256 g/mol. The summed E-state index contributed by atoms with van der Waals surface area (Å²) >= 11 is 5.66. The Kier molecular flexibility index (Phi) is 3.69. The molecule has 2 rings (SSSR count). The minimum absolute atomic E-state index is 0.0401. The number of hydrogen-bond donors (Lipinski definition) is 1. The number of carbonyl (C=O) groups is 1. The van der Waals surface area contributed by atoms with Crippen molar-refractivity contribution in [3.63, 3.8) is 0 Å². The van der Waals surface area contributed by atoms with E-state index in [-0.39, 0.29) is 23.1 Å². The van der Waals surface area contributed by atoms with Crippen molar-refractivity contribution in [3.05, 3.63) is 41.2 Å². The molecule has 0 atom stereocenters. The number of amides is 1. The van der Waals surface area contributed by atoms with Crippen molar-refractivity contribution in [1.82, 2.24) is 15.0 Å². The summed E-state index contributed by atoms with van der Waals surface area (Å²) in [6, 6.07) is 8.73. The van der Waals surface area contributed by atoms with Crippen molar-refractivity contribution in [2.24, 2.45) is 0 Å². The maximum atomic E-state index is 11.8. The predicted molar refractivity (Wildman–Crippen MR) is 65.8 cm³/mol. The Labute approximate surface area is 108 Å². The second-order valence-electron chi connectivity index (χ2n) is 3.23. The van der Waals surface area contributed by atoms with Crippen LogP contribution in [0.5, 0.6) is 6.01 Å². The number of aromatic nitrogens is 3. The zero-order valence-electron chi connectivity index (χ0n) is 9.42. The summed E-state index contributed by atoms with van der Waals surface area (Å²) in [6.45, 7) is 0. The van der Waals surface area contributed by atoms with Gasteiger partial charge in [0.25, 0.3) is 5.91 Å². The molecule has 0 saturated carbocycles. The number of hydrogen-bond acceptors (Lipinski definition) is 5. The standard InChI is InChI=1S/C11H9ClN4O2/c1-18-11-15-9(12)14-10(16-11)13-8(17)7-5-3-2-4-6-7/h2-6H,1H3,(H,13,14,15,16,17). The van der Waals surface area contributed by atoms with Gasteiger partial charge in [-0.15, -0.1) is 0 Å². The maximum absolute atomic E-state index is 11.8. The first kappa shape index (κ1) is 12.3. The molecule has 0 unspecified atom stereocenters. The minimum atomic E-state index is -0.333. The second-order valence-corrected chi connectivity index (χ2v) is 3.57. The molecular formula is C11H9ClN4O2. The lowest BCUT2D eigenvalue weighted by atomic mass is 10.2. The van der Waals surface area contributed by atoms with E-state index >= 15 is 0 Å². The molecule has 0 aliphatic heterocycles. The Bertz CT molecular complexity index is 562. The van der Waals surface area contributed by atoms with E-state index in [0.29, 0.717) is 5.56 Å². The topological polar surface area (TPSA) is 77.0 Å². The van der Waals surface area contributed by atoms with Crippen LogP contribution in [0.1, 0.15) is 10.4 Å². The van der Waals surface area contributed by atoms with Crippen LogP contribution in [0.3, 0.4) is 0 Å². The highest BCUT2D eigenvalue weighted by Crippen LogP contribution is 2.11. The van der Waals surface area contributed by atoms with Crippen LogP contribution in [-0.4, -0.2) is 28.0 Å². The number of methoxy groups -OCH3 is 1.